The smallest absolute Gasteiger partial charge is 0.339 e. The Morgan fingerprint density at radius 1 is 0.338 bits per heavy atom. The third kappa shape index (κ3) is 15.4. The molecule has 0 aliphatic rings. The number of carboxylic acids is 1. The van der Waals surface area contributed by atoms with E-state index in [0.717, 1.165) is 0 Å². The van der Waals surface area contributed by atoms with Crippen molar-refractivity contribution >= 4 is 67.7 Å². The third-order valence-electron chi connectivity index (χ3n) is 9.65. The molecule has 6 aromatic rings. The van der Waals surface area contributed by atoms with E-state index in [1.807, 2.05) is 0 Å². The highest BCUT2D eigenvalue weighted by Gasteiger charge is 2.23. The maximum atomic E-state index is 12.1. The molecular weight excluding hydrogens is 1060 g/mol. The minimum atomic E-state index is -0.954. The second-order valence-corrected chi connectivity index (χ2v) is 15.4. The van der Waals surface area contributed by atoms with Crippen molar-refractivity contribution in [3.05, 3.63) is 152 Å². The molecule has 374 valence electrons. The van der Waals surface area contributed by atoms with Crippen molar-refractivity contribution in [3.8, 4) is 56.8 Å². The molecule has 0 aliphatic carbocycles. The number of hydrogen-bond acceptors (Lipinski definition) is 17. The summed E-state index contributed by atoms with van der Waals surface area (Å²) in [5.74, 6) is -1.41. The quantitative estimate of drug-likeness (QED) is 0.0762. The first-order chi connectivity index (χ1) is 33.9. The normalized spacial score (nSPS) is 9.85. The molecule has 20 heteroatoms. The lowest BCUT2D eigenvalue weighted by Gasteiger charge is -2.14. The number of ether oxygens (including phenoxy) is 9. The van der Waals surface area contributed by atoms with Crippen LogP contribution in [0.25, 0.3) is 22.3 Å². The Morgan fingerprint density at radius 3 is 0.845 bits per heavy atom. The van der Waals surface area contributed by atoms with E-state index in [2.05, 4.69) is 36.6 Å². The predicted molar refractivity (Wildman–Crippen MR) is 265 cm³/mol. The van der Waals surface area contributed by atoms with Crippen LogP contribution in [0.4, 0.5) is 0 Å². The average Bonchev–Trinajstić information content (AvgIpc) is 3.39. The van der Waals surface area contributed by atoms with Crippen LogP contribution in [0.3, 0.4) is 0 Å². The monoisotopic (exact) mass is 1110 g/mol. The van der Waals surface area contributed by atoms with Crippen molar-refractivity contribution in [1.82, 2.24) is 0 Å². The Labute approximate surface area is 424 Å². The number of phenolic OH excluding ortho intramolecular Hbond substituents is 2. The van der Waals surface area contributed by atoms with Crippen LogP contribution < -0.4 is 18.9 Å². The summed E-state index contributed by atoms with van der Waals surface area (Å²) in [4.78, 5) is 69.6. The highest BCUT2D eigenvalue weighted by atomic mass is 79.9. The number of aromatic hydroxyl groups is 2. The van der Waals surface area contributed by atoms with Gasteiger partial charge in [0.2, 0.25) is 0 Å². The number of halogens is 2. The molecule has 71 heavy (non-hydrogen) atoms. The van der Waals surface area contributed by atoms with Crippen molar-refractivity contribution in [2.75, 3.05) is 64.0 Å². The van der Waals surface area contributed by atoms with Gasteiger partial charge in [-0.3, -0.25) is 0 Å². The van der Waals surface area contributed by atoms with Crippen molar-refractivity contribution in [2.24, 2.45) is 0 Å². The Balaban J connectivity index is 0.000000261. The second-order valence-electron chi connectivity index (χ2n) is 13.7. The highest BCUT2D eigenvalue weighted by molar-refractivity contribution is 9.10. The number of phenols is 2. The van der Waals surface area contributed by atoms with Gasteiger partial charge in [-0.25, -0.2) is 28.8 Å². The molecule has 0 saturated heterocycles. The Morgan fingerprint density at radius 2 is 0.577 bits per heavy atom. The molecule has 0 heterocycles. The summed E-state index contributed by atoms with van der Waals surface area (Å²) in [5.41, 5.74) is 3.10. The first-order valence-corrected chi connectivity index (χ1v) is 21.8. The van der Waals surface area contributed by atoms with E-state index in [1.54, 1.807) is 73.8 Å². The van der Waals surface area contributed by atoms with Crippen LogP contribution >= 0.6 is 31.9 Å². The van der Waals surface area contributed by atoms with Gasteiger partial charge in [0.1, 0.15) is 34.5 Å². The molecule has 0 atom stereocenters. The number of esters is 5. The van der Waals surface area contributed by atoms with Gasteiger partial charge in [-0.1, -0.05) is 0 Å². The molecule has 0 saturated carbocycles. The Bertz CT molecular complexity index is 2750. The minimum Gasteiger partial charge on any atom is -0.508 e. The summed E-state index contributed by atoms with van der Waals surface area (Å²) >= 11 is 6.38. The van der Waals surface area contributed by atoms with Crippen LogP contribution in [0, 0.1) is 0 Å². The zero-order chi connectivity index (χ0) is 52.9. The van der Waals surface area contributed by atoms with E-state index in [-0.39, 0.29) is 45.3 Å². The van der Waals surface area contributed by atoms with Gasteiger partial charge in [-0.2, -0.15) is 0 Å². The molecule has 0 radical (unpaired) electrons. The highest BCUT2D eigenvalue weighted by Crippen LogP contribution is 2.36. The molecular formula is C51H48Br2O18. The molecule has 0 aliphatic heterocycles. The topological polar surface area (TPSA) is 246 Å². The average molecular weight is 1110 g/mol. The molecule has 0 spiro atoms. The van der Waals surface area contributed by atoms with Gasteiger partial charge < -0.3 is 58.0 Å². The lowest BCUT2D eigenvalue weighted by molar-refractivity contribution is 0.0590. The van der Waals surface area contributed by atoms with Crippen LogP contribution in [0.2, 0.25) is 0 Å². The maximum absolute atomic E-state index is 12.1. The van der Waals surface area contributed by atoms with Crippen LogP contribution in [0.5, 0.6) is 34.5 Å². The fraction of sp³-hybridized carbons (Fsp3) is 0.176. The lowest BCUT2D eigenvalue weighted by atomic mass is 9.94. The fourth-order valence-corrected chi connectivity index (χ4v) is 7.15. The summed E-state index contributed by atoms with van der Waals surface area (Å²) < 4.78 is 45.2. The van der Waals surface area contributed by atoms with Gasteiger partial charge in [-0.15, -0.1) is 0 Å². The number of carbonyl (C=O) groups is 6. The van der Waals surface area contributed by atoms with Crippen LogP contribution in [-0.2, 0) is 23.7 Å². The van der Waals surface area contributed by atoms with E-state index in [1.165, 1.54) is 99.3 Å². The van der Waals surface area contributed by atoms with Gasteiger partial charge >= 0.3 is 35.8 Å². The summed E-state index contributed by atoms with van der Waals surface area (Å²) in [6.45, 7) is 0. The molecule has 3 N–H and O–H groups in total. The molecule has 0 amide bonds. The molecule has 0 unspecified atom stereocenters. The Kier molecular flexibility index (Phi) is 22.4. The van der Waals surface area contributed by atoms with Crippen molar-refractivity contribution in [2.45, 2.75) is 0 Å². The standard InChI is InChI=1S/C18H18O6.C16H14O6.C9H9BrO3.C8H7BrO3/c1-21-11-5-7-13(17(19)23-3)15(9-11)16-10-12(22-2)6-8-14(16)18(20)24-4;1-21-15(19)11-5-3-9(17)7-13(11)14-8-10(18)4-6-12(14)16(20)22-2;1-12-6-3-4-7(8(10)5-6)9(11)13-2;1-12-5-2-3-6(8(10)11)7(9)4-5/h5-10H,1-4H3;3-8,17-18H,1-2H3;3-5H,1-2H3;2-4H,1H3,(H,10,11). The number of hydrogen-bond donors (Lipinski definition) is 3. The second kappa shape index (κ2) is 27.8. The largest absolute Gasteiger partial charge is 0.508 e. The molecule has 18 nitrogen and oxygen atoms in total. The van der Waals surface area contributed by atoms with E-state index in [4.69, 9.17) is 43.0 Å². The van der Waals surface area contributed by atoms with Crippen molar-refractivity contribution < 1.29 is 86.7 Å². The first-order valence-electron chi connectivity index (χ1n) is 20.2. The van der Waals surface area contributed by atoms with E-state index in [0.29, 0.717) is 59.8 Å². The van der Waals surface area contributed by atoms with Crippen LogP contribution in [0.1, 0.15) is 62.1 Å². The van der Waals surface area contributed by atoms with Crippen LogP contribution in [-0.4, -0.2) is 115 Å². The number of methoxy groups -OCH3 is 9. The molecule has 0 bridgehead atoms. The van der Waals surface area contributed by atoms with Gasteiger partial charge in [-0.05, 0) is 141 Å². The number of benzene rings is 6. The van der Waals surface area contributed by atoms with E-state index in [9.17, 15) is 39.0 Å². The zero-order valence-electron chi connectivity index (χ0n) is 39.6. The van der Waals surface area contributed by atoms with Crippen molar-refractivity contribution in [3.63, 3.8) is 0 Å². The van der Waals surface area contributed by atoms with Gasteiger partial charge in [0, 0.05) is 31.2 Å². The SMILES string of the molecule is COC(=O)c1ccc(O)cc1-c1cc(O)ccc1C(=O)OC.COC(=O)c1ccc(OC)cc1-c1cc(OC)ccc1C(=O)OC.COC(=O)c1ccc(OC)cc1Br.COc1ccc(C(=O)O)c(Br)c1. The lowest BCUT2D eigenvalue weighted by Crippen LogP contribution is -2.08. The summed E-state index contributed by atoms with van der Waals surface area (Å²) in [6, 6.07) is 27.6. The van der Waals surface area contributed by atoms with Gasteiger partial charge in [0.05, 0.1) is 97.4 Å². The van der Waals surface area contributed by atoms with Crippen LogP contribution in [0.15, 0.2) is 118 Å². The van der Waals surface area contributed by atoms with Crippen molar-refractivity contribution in [1.29, 1.82) is 0 Å². The molecule has 0 fully saturated rings. The molecule has 6 rings (SSSR count). The number of carboxylic acid groups (broad SMARTS) is 1. The maximum Gasteiger partial charge on any atom is 0.339 e. The number of carbonyl (C=O) groups excluding carboxylic acids is 5. The fourth-order valence-electron chi connectivity index (χ4n) is 6.10. The minimum absolute atomic E-state index is 0.0955. The molecule has 0 aromatic heterocycles. The summed E-state index contributed by atoms with van der Waals surface area (Å²) in [6.07, 6.45) is 0. The first kappa shape index (κ1) is 57.2. The summed E-state index contributed by atoms with van der Waals surface area (Å²) in [7, 11) is 12.5. The van der Waals surface area contributed by atoms with Gasteiger partial charge in [0.15, 0.2) is 0 Å². The Hall–Kier alpha value is -8.10. The van der Waals surface area contributed by atoms with E-state index < -0.39 is 29.8 Å². The third-order valence-corrected chi connectivity index (χ3v) is 11.0. The summed E-state index contributed by atoms with van der Waals surface area (Å²) in [5, 5.41) is 28.0. The zero-order valence-corrected chi connectivity index (χ0v) is 42.8. The van der Waals surface area contributed by atoms with Gasteiger partial charge in [0.25, 0.3) is 0 Å². The molecule has 6 aromatic carbocycles. The number of rotatable bonds is 12. The van der Waals surface area contributed by atoms with E-state index >= 15 is 0 Å². The predicted octanol–water partition coefficient (Wildman–Crippen LogP) is 9.68. The number of aromatic carboxylic acids is 1.